The van der Waals surface area contributed by atoms with Crippen molar-refractivity contribution >= 4 is 33.5 Å². The second-order valence-corrected chi connectivity index (χ2v) is 15.3. The normalized spacial score (nSPS) is 39.8. The van der Waals surface area contributed by atoms with Crippen LogP contribution in [0.3, 0.4) is 0 Å². The molecule has 4 rings (SSSR count). The van der Waals surface area contributed by atoms with Gasteiger partial charge in [0.05, 0.1) is 13.2 Å². The number of fused-ring (bicyclic) bond motifs is 2. The largest absolute Gasteiger partial charge is 0.477 e. The van der Waals surface area contributed by atoms with E-state index in [1.54, 1.807) is 0 Å². The molecule has 0 bridgehead atoms. The van der Waals surface area contributed by atoms with Gasteiger partial charge in [-0.15, -0.1) is 0 Å². The average molecular weight is 731 g/mol. The standard InChI is InChI=1S/C30H50O16S2/c1-29(27(35)36)41-15-17-23(45-29)19(31)21(33)25(43-17)39-11-7-3-5-9-13-47-48-14-10-6-4-8-12-40-26-22(34)20(32)24-18(44-26)16-42-30(2,46-24)28(37)38/h17-26,31-34H,3-16H2,1-2H3,(H,35,36)(H,37,38)/t17-,18-,19-,20-,21-,22-,23+,24+,25-,26-,29-,30-/m1/s1. The average Bonchev–Trinajstić information content (AvgIpc) is 3.05. The zero-order valence-electron chi connectivity index (χ0n) is 27.3. The van der Waals surface area contributed by atoms with Gasteiger partial charge in [-0.25, -0.2) is 9.59 Å². The van der Waals surface area contributed by atoms with E-state index in [0.29, 0.717) is 13.2 Å². The molecule has 12 atom stereocenters. The number of aliphatic hydroxyl groups excluding tert-OH is 4. The second kappa shape index (κ2) is 18.6. The number of carboxylic acid groups (broad SMARTS) is 2. The lowest BCUT2D eigenvalue weighted by atomic mass is 9.97. The summed E-state index contributed by atoms with van der Waals surface area (Å²) < 4.78 is 44.0. The Morgan fingerprint density at radius 1 is 0.625 bits per heavy atom. The highest BCUT2D eigenvalue weighted by molar-refractivity contribution is 8.76. The van der Waals surface area contributed by atoms with E-state index < -0.39 is 84.9 Å². The SMILES string of the molecule is C[C@@]1(C(=O)O)OC[C@H]2O[C@@H](OCCCCCCSSCCCCCCO[C@@H]3O[C@@H]4CO[C@@](C)(C(=O)O)O[C@@H]4[C@H](O)[C@H]3O)[C@H](O)[C@@H](O)[C@H]2O1. The molecule has 48 heavy (non-hydrogen) atoms. The molecule has 4 aliphatic heterocycles. The first-order valence-corrected chi connectivity index (χ1v) is 19.0. The predicted molar refractivity (Wildman–Crippen MR) is 169 cm³/mol. The van der Waals surface area contributed by atoms with E-state index in [-0.39, 0.29) is 13.2 Å². The maximum absolute atomic E-state index is 11.4. The minimum absolute atomic E-state index is 0.106. The molecule has 0 aromatic heterocycles. The highest BCUT2D eigenvalue weighted by atomic mass is 33.1. The number of aliphatic hydroxyl groups is 4. The van der Waals surface area contributed by atoms with Gasteiger partial charge in [0, 0.05) is 38.6 Å². The fraction of sp³-hybridized carbons (Fsp3) is 0.933. The number of ether oxygens (including phenoxy) is 8. The molecular formula is C30H50O16S2. The summed E-state index contributed by atoms with van der Waals surface area (Å²) in [6.45, 7) is 2.97. The van der Waals surface area contributed by atoms with E-state index in [4.69, 9.17) is 37.9 Å². The third-order valence-electron chi connectivity index (χ3n) is 8.72. The van der Waals surface area contributed by atoms with Gasteiger partial charge < -0.3 is 68.5 Å². The van der Waals surface area contributed by atoms with Crippen LogP contribution in [-0.2, 0) is 47.5 Å². The Morgan fingerprint density at radius 2 is 1.00 bits per heavy atom. The minimum Gasteiger partial charge on any atom is -0.477 e. The molecule has 4 fully saturated rings. The topological polar surface area (TPSA) is 229 Å². The molecule has 18 heteroatoms. The summed E-state index contributed by atoms with van der Waals surface area (Å²) >= 11 is 0. The molecule has 0 radical (unpaired) electrons. The Labute approximate surface area is 287 Å². The maximum atomic E-state index is 11.4. The van der Waals surface area contributed by atoms with Gasteiger partial charge in [0.25, 0.3) is 11.6 Å². The molecule has 4 heterocycles. The van der Waals surface area contributed by atoms with Crippen LogP contribution in [0.4, 0.5) is 0 Å². The summed E-state index contributed by atoms with van der Waals surface area (Å²) in [5.74, 6) is -4.40. The Morgan fingerprint density at radius 3 is 1.38 bits per heavy atom. The molecule has 0 amide bonds. The summed E-state index contributed by atoms with van der Waals surface area (Å²) in [5, 5.41) is 60.3. The summed E-state index contributed by atoms with van der Waals surface area (Å²) in [7, 11) is 3.70. The van der Waals surface area contributed by atoms with Crippen LogP contribution >= 0.6 is 21.6 Å². The number of carbonyl (C=O) groups is 2. The summed E-state index contributed by atoms with van der Waals surface area (Å²) in [6.07, 6.45) is -3.53. The van der Waals surface area contributed by atoms with Crippen molar-refractivity contribution in [3.63, 3.8) is 0 Å². The van der Waals surface area contributed by atoms with Crippen LogP contribution in [0.15, 0.2) is 0 Å². The van der Waals surface area contributed by atoms with Gasteiger partial charge in [0.1, 0.15) is 48.8 Å². The van der Waals surface area contributed by atoms with Gasteiger partial charge in [-0.2, -0.15) is 0 Å². The summed E-state index contributed by atoms with van der Waals surface area (Å²) in [6, 6.07) is 0. The molecule has 16 nitrogen and oxygen atoms in total. The first kappa shape index (κ1) is 39.9. The van der Waals surface area contributed by atoms with Crippen LogP contribution in [0.25, 0.3) is 0 Å². The molecule has 0 saturated carbocycles. The van der Waals surface area contributed by atoms with Crippen molar-refractivity contribution in [1.82, 2.24) is 0 Å². The quantitative estimate of drug-likeness (QED) is 0.0799. The molecule has 0 spiro atoms. The first-order chi connectivity index (χ1) is 22.9. The lowest BCUT2D eigenvalue weighted by Gasteiger charge is -2.48. The predicted octanol–water partition coefficient (Wildman–Crippen LogP) is 0.848. The third kappa shape index (κ3) is 10.4. The Kier molecular flexibility index (Phi) is 15.5. The third-order valence-corrected chi connectivity index (χ3v) is 11.3. The zero-order valence-corrected chi connectivity index (χ0v) is 28.9. The molecule has 4 aliphatic rings. The van der Waals surface area contributed by atoms with Crippen molar-refractivity contribution in [1.29, 1.82) is 0 Å². The minimum atomic E-state index is -1.91. The Hall–Kier alpha value is -0.840. The molecule has 0 aromatic carbocycles. The van der Waals surface area contributed by atoms with Crippen molar-refractivity contribution in [2.24, 2.45) is 0 Å². The van der Waals surface area contributed by atoms with Crippen molar-refractivity contribution in [3.8, 4) is 0 Å². The van der Waals surface area contributed by atoms with Crippen LogP contribution in [0.1, 0.15) is 65.2 Å². The van der Waals surface area contributed by atoms with E-state index >= 15 is 0 Å². The lowest BCUT2D eigenvalue weighted by Crippen LogP contribution is -2.66. The lowest BCUT2D eigenvalue weighted by molar-refractivity contribution is -0.378. The first-order valence-electron chi connectivity index (χ1n) is 16.5. The Balaban J connectivity index is 0.940. The van der Waals surface area contributed by atoms with Gasteiger partial charge in [0.15, 0.2) is 12.6 Å². The number of hydrogen-bond acceptors (Lipinski definition) is 16. The number of aliphatic carboxylic acids is 2. The van der Waals surface area contributed by atoms with Crippen LogP contribution in [-0.4, -0.2) is 153 Å². The van der Waals surface area contributed by atoms with Crippen LogP contribution in [0, 0.1) is 0 Å². The molecule has 278 valence electrons. The molecular weight excluding hydrogens is 680 g/mol. The van der Waals surface area contributed by atoms with Crippen LogP contribution < -0.4 is 0 Å². The zero-order chi connectivity index (χ0) is 34.9. The number of carboxylic acids is 2. The van der Waals surface area contributed by atoms with Crippen molar-refractivity contribution in [3.05, 3.63) is 0 Å². The molecule has 0 aromatic rings. The summed E-state index contributed by atoms with van der Waals surface area (Å²) in [5.41, 5.74) is 0. The van der Waals surface area contributed by atoms with Gasteiger partial charge in [-0.1, -0.05) is 47.3 Å². The van der Waals surface area contributed by atoms with Crippen LogP contribution in [0.2, 0.25) is 0 Å². The monoisotopic (exact) mass is 730 g/mol. The van der Waals surface area contributed by atoms with Gasteiger partial charge in [-0.3, -0.25) is 0 Å². The number of rotatable bonds is 19. The van der Waals surface area contributed by atoms with E-state index in [2.05, 4.69) is 0 Å². The van der Waals surface area contributed by atoms with Crippen molar-refractivity contribution in [2.75, 3.05) is 37.9 Å². The van der Waals surface area contributed by atoms with E-state index in [9.17, 15) is 40.2 Å². The van der Waals surface area contributed by atoms with Crippen LogP contribution in [0.5, 0.6) is 0 Å². The fourth-order valence-electron chi connectivity index (χ4n) is 5.69. The fourth-order valence-corrected chi connectivity index (χ4v) is 7.98. The smallest absolute Gasteiger partial charge is 0.364 e. The molecule has 4 saturated heterocycles. The highest BCUT2D eigenvalue weighted by Crippen LogP contribution is 2.35. The molecule has 0 aliphatic carbocycles. The number of hydrogen-bond donors (Lipinski definition) is 6. The van der Waals surface area contributed by atoms with Gasteiger partial charge in [-0.05, 0) is 25.7 Å². The van der Waals surface area contributed by atoms with E-state index in [1.807, 2.05) is 21.6 Å². The van der Waals surface area contributed by atoms with E-state index in [1.165, 1.54) is 13.8 Å². The maximum Gasteiger partial charge on any atom is 0.364 e. The van der Waals surface area contributed by atoms with Crippen molar-refractivity contribution < 1.29 is 78.1 Å². The van der Waals surface area contributed by atoms with Gasteiger partial charge in [0.2, 0.25) is 0 Å². The van der Waals surface area contributed by atoms with Crippen molar-refractivity contribution in [2.45, 2.75) is 138 Å². The summed E-state index contributed by atoms with van der Waals surface area (Å²) in [4.78, 5) is 22.8. The second-order valence-electron chi connectivity index (χ2n) is 12.6. The molecule has 0 unspecified atom stereocenters. The van der Waals surface area contributed by atoms with Gasteiger partial charge >= 0.3 is 11.9 Å². The molecule has 6 N–H and O–H groups in total. The Bertz CT molecular complexity index is 945. The van der Waals surface area contributed by atoms with E-state index in [0.717, 1.165) is 62.9 Å². The number of unbranched alkanes of at least 4 members (excludes halogenated alkanes) is 6. The highest BCUT2D eigenvalue weighted by Gasteiger charge is 2.55.